The molecule has 0 radical (unpaired) electrons. The van der Waals surface area contributed by atoms with Crippen molar-refractivity contribution in [2.24, 2.45) is 0 Å². The van der Waals surface area contributed by atoms with Crippen LogP contribution in [0, 0.1) is 0 Å². The Bertz CT molecular complexity index is 439. The van der Waals surface area contributed by atoms with E-state index in [-0.39, 0.29) is 6.54 Å². The SMILES string of the molecule is CNCc1ccc(N(C)C2CCC2)cc1C(F)(F)F. The van der Waals surface area contributed by atoms with Crippen molar-refractivity contribution in [3.63, 3.8) is 0 Å². The van der Waals surface area contributed by atoms with Crippen LogP contribution in [0.25, 0.3) is 0 Å². The minimum atomic E-state index is -4.30. The minimum absolute atomic E-state index is 0.224. The molecule has 0 spiro atoms. The first-order valence-corrected chi connectivity index (χ1v) is 6.51. The summed E-state index contributed by atoms with van der Waals surface area (Å²) in [5.41, 5.74) is 0.406. The second-order valence-electron chi connectivity index (χ2n) is 5.07. The largest absolute Gasteiger partial charge is 0.416 e. The Hall–Kier alpha value is -1.23. The molecule has 1 aliphatic rings. The predicted octanol–water partition coefficient (Wildman–Crippen LogP) is 3.41. The van der Waals surface area contributed by atoms with E-state index >= 15 is 0 Å². The molecule has 1 aromatic carbocycles. The average molecular weight is 272 g/mol. The maximum atomic E-state index is 13.1. The molecule has 106 valence electrons. The van der Waals surface area contributed by atoms with E-state index in [1.165, 1.54) is 12.5 Å². The molecule has 1 fully saturated rings. The molecule has 19 heavy (non-hydrogen) atoms. The molecule has 1 saturated carbocycles. The molecule has 0 amide bonds. The maximum absolute atomic E-state index is 13.1. The summed E-state index contributed by atoms with van der Waals surface area (Å²) in [5, 5.41) is 2.78. The van der Waals surface area contributed by atoms with Crippen molar-refractivity contribution in [3.05, 3.63) is 29.3 Å². The molecule has 0 bridgehead atoms. The van der Waals surface area contributed by atoms with Crippen molar-refractivity contribution in [1.82, 2.24) is 5.32 Å². The van der Waals surface area contributed by atoms with Gasteiger partial charge in [-0.25, -0.2) is 0 Å². The van der Waals surface area contributed by atoms with Gasteiger partial charge in [-0.2, -0.15) is 13.2 Å². The van der Waals surface area contributed by atoms with E-state index in [0.29, 0.717) is 17.3 Å². The smallest absolute Gasteiger partial charge is 0.372 e. The van der Waals surface area contributed by atoms with Crippen molar-refractivity contribution >= 4 is 5.69 Å². The number of alkyl halides is 3. The molecule has 2 nitrogen and oxygen atoms in total. The molecule has 5 heteroatoms. The molecule has 0 aliphatic heterocycles. The lowest BCUT2D eigenvalue weighted by Crippen LogP contribution is -2.37. The van der Waals surface area contributed by atoms with Gasteiger partial charge < -0.3 is 10.2 Å². The molecule has 0 unspecified atom stereocenters. The molecule has 0 saturated heterocycles. The van der Waals surface area contributed by atoms with Crippen LogP contribution in [0.5, 0.6) is 0 Å². The van der Waals surface area contributed by atoms with Crippen molar-refractivity contribution in [3.8, 4) is 0 Å². The van der Waals surface area contributed by atoms with E-state index in [1.54, 1.807) is 19.2 Å². The summed E-state index contributed by atoms with van der Waals surface area (Å²) in [6.07, 6.45) is -1.01. The molecule has 0 aromatic heterocycles. The van der Waals surface area contributed by atoms with E-state index in [9.17, 15) is 13.2 Å². The Morgan fingerprint density at radius 1 is 1.32 bits per heavy atom. The lowest BCUT2D eigenvalue weighted by atomic mass is 9.91. The van der Waals surface area contributed by atoms with Crippen molar-refractivity contribution in [1.29, 1.82) is 0 Å². The van der Waals surface area contributed by atoms with Gasteiger partial charge in [0.2, 0.25) is 0 Å². The van der Waals surface area contributed by atoms with Crippen LogP contribution in [0.2, 0.25) is 0 Å². The van der Waals surface area contributed by atoms with Crippen molar-refractivity contribution < 1.29 is 13.2 Å². The zero-order valence-corrected chi connectivity index (χ0v) is 11.2. The highest BCUT2D eigenvalue weighted by molar-refractivity contribution is 5.52. The van der Waals surface area contributed by atoms with Crippen LogP contribution in [0.1, 0.15) is 30.4 Å². The van der Waals surface area contributed by atoms with Crippen molar-refractivity contribution in [2.75, 3.05) is 19.0 Å². The fourth-order valence-corrected chi connectivity index (χ4v) is 2.38. The number of halogens is 3. The predicted molar refractivity (Wildman–Crippen MR) is 70.2 cm³/mol. The highest BCUT2D eigenvalue weighted by atomic mass is 19.4. The van der Waals surface area contributed by atoms with Crippen LogP contribution in [0.4, 0.5) is 18.9 Å². The van der Waals surface area contributed by atoms with E-state index < -0.39 is 11.7 Å². The van der Waals surface area contributed by atoms with Gasteiger partial charge in [0, 0.05) is 25.3 Å². The summed E-state index contributed by atoms with van der Waals surface area (Å²) in [6.45, 7) is 0.224. The summed E-state index contributed by atoms with van der Waals surface area (Å²) >= 11 is 0. The molecule has 1 aliphatic carbocycles. The normalized spacial score (nSPS) is 16.3. The molecule has 1 aromatic rings. The van der Waals surface area contributed by atoms with Crippen LogP contribution < -0.4 is 10.2 Å². The molecule has 2 rings (SSSR count). The quantitative estimate of drug-likeness (QED) is 0.903. The zero-order valence-electron chi connectivity index (χ0n) is 11.2. The van der Waals surface area contributed by atoms with Gasteiger partial charge in [-0.15, -0.1) is 0 Å². The van der Waals surface area contributed by atoms with Crippen LogP contribution in [-0.4, -0.2) is 20.1 Å². The lowest BCUT2D eigenvalue weighted by Gasteiger charge is -2.36. The summed E-state index contributed by atoms with van der Waals surface area (Å²) < 4.78 is 39.2. The van der Waals surface area contributed by atoms with Gasteiger partial charge in [-0.3, -0.25) is 0 Å². The van der Waals surface area contributed by atoms with Gasteiger partial charge in [0.05, 0.1) is 5.56 Å². The Balaban J connectivity index is 2.31. The zero-order chi connectivity index (χ0) is 14.0. The summed E-state index contributed by atoms with van der Waals surface area (Å²) in [7, 11) is 3.52. The second-order valence-corrected chi connectivity index (χ2v) is 5.07. The number of nitrogens with one attached hydrogen (secondary N) is 1. The molecular weight excluding hydrogens is 253 g/mol. The Morgan fingerprint density at radius 3 is 2.47 bits per heavy atom. The van der Waals surface area contributed by atoms with Gasteiger partial charge >= 0.3 is 6.18 Å². The van der Waals surface area contributed by atoms with E-state index in [4.69, 9.17) is 0 Å². The van der Waals surface area contributed by atoms with Gasteiger partial charge in [0.25, 0.3) is 0 Å². The fraction of sp³-hybridized carbons (Fsp3) is 0.571. The Morgan fingerprint density at radius 2 is 2.00 bits per heavy atom. The number of benzene rings is 1. The Labute approximate surface area is 111 Å². The standard InChI is InChI=1S/C14H19F3N2/c1-18-9-10-6-7-12(8-13(10)14(15,16)17)19(2)11-4-3-5-11/h6-8,11,18H,3-5,9H2,1-2H3. The Kier molecular flexibility index (Phi) is 4.04. The van der Waals surface area contributed by atoms with E-state index in [2.05, 4.69) is 5.32 Å². The number of anilines is 1. The first kappa shape index (κ1) is 14.2. The van der Waals surface area contributed by atoms with Crippen molar-refractivity contribution in [2.45, 2.75) is 38.0 Å². The topological polar surface area (TPSA) is 15.3 Å². The van der Waals surface area contributed by atoms with Gasteiger partial charge in [0.15, 0.2) is 0 Å². The second kappa shape index (κ2) is 5.41. The third kappa shape index (κ3) is 3.03. The van der Waals surface area contributed by atoms with Crippen LogP contribution in [0.3, 0.4) is 0 Å². The third-order valence-electron chi connectivity index (χ3n) is 3.80. The third-order valence-corrected chi connectivity index (χ3v) is 3.80. The van der Waals surface area contributed by atoms with E-state index in [1.807, 2.05) is 11.9 Å². The first-order chi connectivity index (χ1) is 8.93. The lowest BCUT2D eigenvalue weighted by molar-refractivity contribution is -0.138. The summed E-state index contributed by atoms with van der Waals surface area (Å²) in [6, 6.07) is 5.01. The average Bonchev–Trinajstić information content (AvgIpc) is 2.26. The maximum Gasteiger partial charge on any atom is 0.416 e. The van der Waals surface area contributed by atoms with Crippen LogP contribution in [-0.2, 0) is 12.7 Å². The van der Waals surface area contributed by atoms with Gasteiger partial charge in [-0.1, -0.05) is 6.07 Å². The summed E-state index contributed by atoms with van der Waals surface area (Å²) in [5.74, 6) is 0. The minimum Gasteiger partial charge on any atom is -0.372 e. The van der Waals surface area contributed by atoms with Gasteiger partial charge in [-0.05, 0) is 44.0 Å². The summed E-state index contributed by atoms with van der Waals surface area (Å²) in [4.78, 5) is 1.96. The number of nitrogens with zero attached hydrogens (tertiary/aromatic N) is 1. The van der Waals surface area contributed by atoms with Crippen LogP contribution >= 0.6 is 0 Å². The number of rotatable bonds is 4. The van der Waals surface area contributed by atoms with Gasteiger partial charge in [0.1, 0.15) is 0 Å². The molecule has 0 atom stereocenters. The number of hydrogen-bond donors (Lipinski definition) is 1. The molecule has 1 N–H and O–H groups in total. The number of hydrogen-bond acceptors (Lipinski definition) is 2. The molecular formula is C14H19F3N2. The van der Waals surface area contributed by atoms with E-state index in [0.717, 1.165) is 12.8 Å². The fourth-order valence-electron chi connectivity index (χ4n) is 2.38. The monoisotopic (exact) mass is 272 g/mol. The molecule has 0 heterocycles. The van der Waals surface area contributed by atoms with Crippen LogP contribution in [0.15, 0.2) is 18.2 Å². The highest BCUT2D eigenvalue weighted by Crippen LogP contribution is 2.36. The highest BCUT2D eigenvalue weighted by Gasteiger charge is 2.34. The first-order valence-electron chi connectivity index (χ1n) is 6.51.